The first-order valence-electron chi connectivity index (χ1n) is 4.97. The molecule has 2 unspecified atom stereocenters. The summed E-state index contributed by atoms with van der Waals surface area (Å²) in [5.74, 6) is -0.260. The molecule has 0 aliphatic carbocycles. The van der Waals surface area contributed by atoms with E-state index in [2.05, 4.69) is 31.9 Å². The molecule has 1 aliphatic heterocycles. The van der Waals surface area contributed by atoms with Gasteiger partial charge in [-0.1, -0.05) is 22.0 Å². The number of ether oxygens (including phenoxy) is 2. The maximum Gasteiger partial charge on any atom is 0.137 e. The standard InChI is InChI=1S/C11H11Br2FO2/c12-8-5-7(1-2-9(8)14)11(13)10-6-15-3-4-16-10/h1-2,5,10-11H,3-4,6H2. The predicted molar refractivity (Wildman–Crippen MR) is 66.3 cm³/mol. The molecule has 0 aromatic heterocycles. The number of benzene rings is 1. The topological polar surface area (TPSA) is 18.5 Å². The fourth-order valence-corrected chi connectivity index (χ4v) is 2.56. The Morgan fingerprint density at radius 1 is 1.38 bits per heavy atom. The van der Waals surface area contributed by atoms with Gasteiger partial charge in [0.05, 0.1) is 35.2 Å². The van der Waals surface area contributed by atoms with Crippen molar-refractivity contribution in [3.05, 3.63) is 34.1 Å². The van der Waals surface area contributed by atoms with Gasteiger partial charge in [0.1, 0.15) is 5.82 Å². The highest BCUT2D eigenvalue weighted by Crippen LogP contribution is 2.32. The van der Waals surface area contributed by atoms with Crippen LogP contribution < -0.4 is 0 Å². The quantitative estimate of drug-likeness (QED) is 0.758. The first kappa shape index (κ1) is 12.5. The molecule has 1 saturated heterocycles. The Kier molecular flexibility index (Phi) is 4.35. The zero-order valence-electron chi connectivity index (χ0n) is 8.46. The van der Waals surface area contributed by atoms with Crippen molar-refractivity contribution in [3.63, 3.8) is 0 Å². The summed E-state index contributed by atoms with van der Waals surface area (Å²) in [6, 6.07) is 4.95. The minimum Gasteiger partial charge on any atom is -0.376 e. The summed E-state index contributed by atoms with van der Waals surface area (Å²) in [5.41, 5.74) is 0.976. The summed E-state index contributed by atoms with van der Waals surface area (Å²) >= 11 is 6.73. The lowest BCUT2D eigenvalue weighted by Crippen LogP contribution is -2.31. The minimum atomic E-state index is -0.260. The first-order chi connectivity index (χ1) is 7.68. The molecule has 0 radical (unpaired) electrons. The van der Waals surface area contributed by atoms with Gasteiger partial charge in [-0.3, -0.25) is 0 Å². The third-order valence-corrected chi connectivity index (χ3v) is 4.16. The van der Waals surface area contributed by atoms with Gasteiger partial charge in [0.25, 0.3) is 0 Å². The molecule has 1 aliphatic rings. The van der Waals surface area contributed by atoms with E-state index < -0.39 is 0 Å². The van der Waals surface area contributed by atoms with Crippen LogP contribution in [0, 0.1) is 5.82 Å². The van der Waals surface area contributed by atoms with Crippen LogP contribution >= 0.6 is 31.9 Å². The average Bonchev–Trinajstić information content (AvgIpc) is 2.33. The van der Waals surface area contributed by atoms with E-state index in [0.717, 1.165) is 5.56 Å². The Morgan fingerprint density at radius 2 is 2.19 bits per heavy atom. The van der Waals surface area contributed by atoms with Gasteiger partial charge in [0.15, 0.2) is 0 Å². The van der Waals surface area contributed by atoms with E-state index >= 15 is 0 Å². The van der Waals surface area contributed by atoms with Crippen LogP contribution in [0.1, 0.15) is 10.4 Å². The van der Waals surface area contributed by atoms with Crippen molar-refractivity contribution < 1.29 is 13.9 Å². The number of rotatable bonds is 2. The van der Waals surface area contributed by atoms with E-state index in [9.17, 15) is 4.39 Å². The van der Waals surface area contributed by atoms with Gasteiger partial charge in [-0.15, -0.1) is 0 Å². The Bertz CT molecular complexity index is 367. The largest absolute Gasteiger partial charge is 0.376 e. The second-order valence-corrected chi connectivity index (χ2v) is 5.40. The number of hydrogen-bond donors (Lipinski definition) is 0. The molecule has 16 heavy (non-hydrogen) atoms. The summed E-state index contributed by atoms with van der Waals surface area (Å²) in [6.45, 7) is 1.81. The summed E-state index contributed by atoms with van der Waals surface area (Å²) < 4.78 is 24.5. The van der Waals surface area contributed by atoms with Crippen molar-refractivity contribution in [2.24, 2.45) is 0 Å². The molecule has 2 nitrogen and oxygen atoms in total. The van der Waals surface area contributed by atoms with E-state index in [4.69, 9.17) is 9.47 Å². The fraction of sp³-hybridized carbons (Fsp3) is 0.455. The fourth-order valence-electron chi connectivity index (χ4n) is 1.57. The molecule has 0 bridgehead atoms. The molecule has 0 N–H and O–H groups in total. The molecule has 1 aromatic rings. The van der Waals surface area contributed by atoms with Gasteiger partial charge in [-0.25, -0.2) is 4.39 Å². The van der Waals surface area contributed by atoms with Gasteiger partial charge < -0.3 is 9.47 Å². The number of alkyl halides is 1. The molecule has 5 heteroatoms. The van der Waals surface area contributed by atoms with Crippen LogP contribution in [0.4, 0.5) is 4.39 Å². The Morgan fingerprint density at radius 3 is 2.81 bits per heavy atom. The summed E-state index contributed by atoms with van der Waals surface area (Å²) in [6.07, 6.45) is -0.0221. The Labute approximate surface area is 110 Å². The van der Waals surface area contributed by atoms with E-state index in [0.29, 0.717) is 24.3 Å². The van der Waals surface area contributed by atoms with Crippen LogP contribution in [-0.4, -0.2) is 25.9 Å². The van der Waals surface area contributed by atoms with E-state index in [1.54, 1.807) is 12.1 Å². The SMILES string of the molecule is Fc1ccc(C(Br)C2COCCO2)cc1Br. The molecule has 0 saturated carbocycles. The zero-order chi connectivity index (χ0) is 11.5. The molecule has 1 heterocycles. The Hall–Kier alpha value is 0.0300. The highest BCUT2D eigenvalue weighted by molar-refractivity contribution is 9.10. The van der Waals surface area contributed by atoms with Gasteiger partial charge in [0.2, 0.25) is 0 Å². The van der Waals surface area contributed by atoms with Crippen molar-refractivity contribution >= 4 is 31.9 Å². The second kappa shape index (κ2) is 5.58. The van der Waals surface area contributed by atoms with E-state index in [1.807, 2.05) is 0 Å². The predicted octanol–water partition coefficient (Wildman–Crippen LogP) is 3.44. The van der Waals surface area contributed by atoms with Crippen LogP contribution in [0.5, 0.6) is 0 Å². The van der Waals surface area contributed by atoms with Gasteiger partial charge in [-0.2, -0.15) is 0 Å². The van der Waals surface area contributed by atoms with Gasteiger partial charge >= 0.3 is 0 Å². The van der Waals surface area contributed by atoms with Crippen molar-refractivity contribution in [1.82, 2.24) is 0 Å². The summed E-state index contributed by atoms with van der Waals surface area (Å²) in [4.78, 5) is 0.0182. The van der Waals surface area contributed by atoms with Crippen LogP contribution in [0.2, 0.25) is 0 Å². The Balaban J connectivity index is 2.12. The monoisotopic (exact) mass is 352 g/mol. The zero-order valence-corrected chi connectivity index (χ0v) is 11.6. The lowest BCUT2D eigenvalue weighted by atomic mass is 10.1. The molecule has 88 valence electrons. The average molecular weight is 354 g/mol. The van der Waals surface area contributed by atoms with Crippen molar-refractivity contribution in [1.29, 1.82) is 0 Å². The van der Waals surface area contributed by atoms with Crippen molar-refractivity contribution in [3.8, 4) is 0 Å². The third-order valence-electron chi connectivity index (χ3n) is 2.43. The maximum atomic E-state index is 13.1. The molecular weight excluding hydrogens is 343 g/mol. The smallest absolute Gasteiger partial charge is 0.137 e. The van der Waals surface area contributed by atoms with E-state index in [-0.39, 0.29) is 16.7 Å². The molecule has 2 rings (SSSR count). The normalized spacial score (nSPS) is 23.1. The minimum absolute atomic E-state index is 0.0182. The van der Waals surface area contributed by atoms with Crippen molar-refractivity contribution in [2.45, 2.75) is 10.9 Å². The van der Waals surface area contributed by atoms with Crippen LogP contribution in [0.25, 0.3) is 0 Å². The van der Waals surface area contributed by atoms with Crippen LogP contribution in [0.15, 0.2) is 22.7 Å². The molecule has 1 fully saturated rings. The number of halogens is 3. The van der Waals surface area contributed by atoms with Crippen LogP contribution in [-0.2, 0) is 9.47 Å². The lowest BCUT2D eigenvalue weighted by Gasteiger charge is -2.27. The highest BCUT2D eigenvalue weighted by atomic mass is 79.9. The maximum absolute atomic E-state index is 13.1. The second-order valence-electron chi connectivity index (χ2n) is 3.56. The van der Waals surface area contributed by atoms with E-state index in [1.165, 1.54) is 6.07 Å². The molecule has 1 aromatic carbocycles. The molecule has 0 spiro atoms. The van der Waals surface area contributed by atoms with Crippen LogP contribution in [0.3, 0.4) is 0 Å². The number of hydrogen-bond acceptors (Lipinski definition) is 2. The molecule has 0 amide bonds. The summed E-state index contributed by atoms with van der Waals surface area (Å²) in [5, 5.41) is 0. The summed E-state index contributed by atoms with van der Waals surface area (Å²) in [7, 11) is 0. The third kappa shape index (κ3) is 2.83. The molecule has 2 atom stereocenters. The first-order valence-corrected chi connectivity index (χ1v) is 6.67. The lowest BCUT2D eigenvalue weighted by molar-refractivity contribution is -0.0876. The molecular formula is C11H11Br2FO2. The van der Waals surface area contributed by atoms with Gasteiger partial charge in [-0.05, 0) is 33.6 Å². The highest BCUT2D eigenvalue weighted by Gasteiger charge is 2.24. The van der Waals surface area contributed by atoms with Gasteiger partial charge in [0, 0.05) is 0 Å². The van der Waals surface area contributed by atoms with Crippen molar-refractivity contribution in [2.75, 3.05) is 19.8 Å².